The molecule has 0 saturated heterocycles. The number of fused-ring (bicyclic) bond motifs is 9. The lowest BCUT2D eigenvalue weighted by atomic mass is 10.1. The van der Waals surface area contributed by atoms with Gasteiger partial charge in [-0.05, 0) is 72.8 Å². The molecule has 0 aliphatic carbocycles. The first-order valence-electron chi connectivity index (χ1n) is 20.7. The number of para-hydroxylation sites is 4. The van der Waals surface area contributed by atoms with Gasteiger partial charge in [0.15, 0.2) is 23.0 Å². The van der Waals surface area contributed by atoms with Crippen LogP contribution in [0.3, 0.4) is 0 Å². The number of hydrogen-bond acceptors (Lipinski definition) is 5. The maximum atomic E-state index is 10.1. The van der Waals surface area contributed by atoms with E-state index < -0.39 is 0 Å². The minimum absolute atomic E-state index is 0.398. The second kappa shape index (κ2) is 14.4. The SMILES string of the molecule is [C-]#[N+]c1ccc2c3ccc(C#N)cc3n(-c3ccccc3-c3nc(-c4ccccc4-n4c5cc(C#N)ccc5c5ccc([N+]#[C-])cc54)nc(-n4c5ccccc5c5ccccc54)n3)c2c1. The van der Waals surface area contributed by atoms with Crippen molar-refractivity contribution < 1.29 is 0 Å². The van der Waals surface area contributed by atoms with E-state index in [9.17, 15) is 10.5 Å². The van der Waals surface area contributed by atoms with Crippen LogP contribution in [0.15, 0.2) is 170 Å². The number of nitrogens with zero attached hydrogens (tertiary/aromatic N) is 10. The van der Waals surface area contributed by atoms with Gasteiger partial charge >= 0.3 is 0 Å². The molecule has 4 heterocycles. The minimum Gasteiger partial charge on any atom is -0.310 e. The number of aromatic nitrogens is 6. The Morgan fingerprint density at radius 2 is 0.769 bits per heavy atom. The largest absolute Gasteiger partial charge is 0.310 e. The molecule has 12 aromatic rings. The molecule has 0 atom stereocenters. The third kappa shape index (κ3) is 5.60. The van der Waals surface area contributed by atoms with Gasteiger partial charge in [-0.15, -0.1) is 0 Å². The predicted octanol–water partition coefficient (Wildman–Crippen LogP) is 13.3. The zero-order valence-electron chi connectivity index (χ0n) is 34.1. The molecule has 0 N–H and O–H groups in total. The third-order valence-corrected chi connectivity index (χ3v) is 12.2. The summed E-state index contributed by atoms with van der Waals surface area (Å²) in [6, 6.07) is 59.5. The van der Waals surface area contributed by atoms with Gasteiger partial charge in [0.1, 0.15) is 0 Å². The Hall–Kier alpha value is -9.87. The van der Waals surface area contributed by atoms with Crippen LogP contribution in [0.5, 0.6) is 0 Å². The zero-order valence-corrected chi connectivity index (χ0v) is 34.1. The van der Waals surface area contributed by atoms with Gasteiger partial charge in [0.05, 0.1) is 69.9 Å². The van der Waals surface area contributed by atoms with Crippen LogP contribution in [0.1, 0.15) is 11.1 Å². The van der Waals surface area contributed by atoms with E-state index in [1.54, 1.807) is 0 Å². The fourth-order valence-corrected chi connectivity index (χ4v) is 9.37. The van der Waals surface area contributed by atoms with Gasteiger partial charge in [-0.2, -0.15) is 20.5 Å². The number of nitriles is 2. The molecule has 0 unspecified atom stereocenters. The fraction of sp³-hybridized carbons (Fsp3) is 0. The van der Waals surface area contributed by atoms with Crippen molar-refractivity contribution in [3.05, 3.63) is 204 Å². The van der Waals surface area contributed by atoms with Crippen molar-refractivity contribution in [2.24, 2.45) is 0 Å². The molecule has 0 fully saturated rings. The van der Waals surface area contributed by atoms with E-state index in [0.717, 1.165) is 76.8 Å². The highest BCUT2D eigenvalue weighted by molar-refractivity contribution is 6.12. The summed E-state index contributed by atoms with van der Waals surface area (Å²) in [6.45, 7) is 15.8. The first-order chi connectivity index (χ1) is 32.0. The maximum absolute atomic E-state index is 10.1. The van der Waals surface area contributed by atoms with Crippen LogP contribution in [-0.2, 0) is 0 Å². The molecule has 0 aliphatic rings. The van der Waals surface area contributed by atoms with Crippen LogP contribution in [0.4, 0.5) is 11.4 Å². The van der Waals surface area contributed by atoms with Crippen molar-refractivity contribution in [2.75, 3.05) is 0 Å². The number of hydrogen-bond donors (Lipinski definition) is 0. The van der Waals surface area contributed by atoms with E-state index in [4.69, 9.17) is 28.1 Å². The molecular formula is C55H28N10. The standard InChI is InChI=1S/C55H28N10/c1-58-35-21-25-41-39-23-19-33(31-56)27-49(39)63(51(41)29-35)47-17-9-5-13-43(47)53-60-54(62-55(61-53)65-45-15-7-3-11-37(45)38-12-4-8-16-46(38)65)44-14-6-10-18-48(44)64-50-28-34(32-57)20-24-40(50)42-26-22-36(59-2)30-52(42)64/h3-30H. The minimum atomic E-state index is 0.398. The van der Waals surface area contributed by atoms with Crippen LogP contribution >= 0.6 is 0 Å². The van der Waals surface area contributed by atoms with E-state index >= 15 is 0 Å². The molecule has 0 saturated carbocycles. The van der Waals surface area contributed by atoms with Gasteiger partial charge in [-0.1, -0.05) is 97.1 Å². The van der Waals surface area contributed by atoms with Crippen molar-refractivity contribution in [1.82, 2.24) is 28.7 Å². The highest BCUT2D eigenvalue weighted by atomic mass is 15.2. The fourth-order valence-electron chi connectivity index (χ4n) is 9.37. The molecule has 12 rings (SSSR count). The Bertz CT molecular complexity index is 3790. The van der Waals surface area contributed by atoms with E-state index in [-0.39, 0.29) is 0 Å². The lowest BCUT2D eigenvalue weighted by Gasteiger charge is -2.17. The molecule has 65 heavy (non-hydrogen) atoms. The molecule has 4 aromatic heterocycles. The molecule has 0 radical (unpaired) electrons. The molecular weight excluding hydrogens is 801 g/mol. The van der Waals surface area contributed by atoms with Gasteiger partial charge in [0, 0.05) is 54.5 Å². The summed E-state index contributed by atoms with van der Waals surface area (Å²) in [4.78, 5) is 23.6. The maximum Gasteiger partial charge on any atom is 0.238 e. The molecule has 10 heteroatoms. The summed E-state index contributed by atoms with van der Waals surface area (Å²) in [5.74, 6) is 1.20. The topological polar surface area (TPSA) is 110 Å². The second-order valence-corrected chi connectivity index (χ2v) is 15.7. The van der Waals surface area contributed by atoms with Crippen LogP contribution < -0.4 is 0 Å². The Morgan fingerprint density at radius 1 is 0.385 bits per heavy atom. The summed E-state index contributed by atoms with van der Waals surface area (Å²) in [6.07, 6.45) is 0. The van der Waals surface area contributed by atoms with Crippen LogP contribution in [0, 0.1) is 35.8 Å². The summed E-state index contributed by atoms with van der Waals surface area (Å²) < 4.78 is 6.26. The molecule has 0 spiro atoms. The summed E-state index contributed by atoms with van der Waals surface area (Å²) >= 11 is 0. The van der Waals surface area contributed by atoms with Gasteiger partial charge in [-0.25, -0.2) is 14.7 Å². The molecule has 10 nitrogen and oxygen atoms in total. The Morgan fingerprint density at radius 3 is 1.22 bits per heavy atom. The van der Waals surface area contributed by atoms with E-state index in [0.29, 0.717) is 51.2 Å². The third-order valence-electron chi connectivity index (χ3n) is 12.2. The van der Waals surface area contributed by atoms with Gasteiger partial charge in [0.2, 0.25) is 5.95 Å². The van der Waals surface area contributed by atoms with E-state index in [2.05, 4.69) is 59.8 Å². The Labute approximate surface area is 370 Å². The summed E-state index contributed by atoms with van der Waals surface area (Å²) in [5, 5.41) is 26.0. The van der Waals surface area contributed by atoms with Crippen molar-refractivity contribution >= 4 is 76.8 Å². The molecule has 298 valence electrons. The molecule has 0 amide bonds. The normalized spacial score (nSPS) is 11.3. The van der Waals surface area contributed by atoms with Crippen molar-refractivity contribution in [3.63, 3.8) is 0 Å². The average molecular weight is 829 g/mol. The average Bonchev–Trinajstić information content (AvgIpc) is 4.00. The summed E-state index contributed by atoms with van der Waals surface area (Å²) in [5.41, 5.74) is 9.96. The lowest BCUT2D eigenvalue weighted by Crippen LogP contribution is -2.09. The van der Waals surface area contributed by atoms with Gasteiger partial charge in [-0.3, -0.25) is 4.57 Å². The second-order valence-electron chi connectivity index (χ2n) is 15.7. The number of rotatable bonds is 5. The Balaban J connectivity index is 1.19. The Kier molecular flexibility index (Phi) is 8.16. The van der Waals surface area contributed by atoms with Gasteiger partial charge < -0.3 is 9.13 Å². The first kappa shape index (κ1) is 36.9. The quantitative estimate of drug-likeness (QED) is 0.160. The lowest BCUT2D eigenvalue weighted by molar-refractivity contribution is 0.950. The van der Waals surface area contributed by atoms with E-state index in [1.807, 2.05) is 146 Å². The highest BCUT2D eigenvalue weighted by Gasteiger charge is 2.24. The molecule has 0 aliphatic heterocycles. The van der Waals surface area contributed by atoms with Crippen LogP contribution in [0.2, 0.25) is 0 Å². The molecule has 8 aromatic carbocycles. The van der Waals surface area contributed by atoms with E-state index in [1.165, 1.54) is 0 Å². The highest BCUT2D eigenvalue weighted by Crippen LogP contribution is 2.41. The van der Waals surface area contributed by atoms with Crippen molar-refractivity contribution in [2.45, 2.75) is 0 Å². The summed E-state index contributed by atoms with van der Waals surface area (Å²) in [7, 11) is 0. The molecule has 0 bridgehead atoms. The predicted molar refractivity (Wildman–Crippen MR) is 256 cm³/mol. The van der Waals surface area contributed by atoms with Crippen LogP contribution in [0.25, 0.3) is 115 Å². The monoisotopic (exact) mass is 828 g/mol. The van der Waals surface area contributed by atoms with Crippen molar-refractivity contribution in [1.29, 1.82) is 10.5 Å². The van der Waals surface area contributed by atoms with Crippen molar-refractivity contribution in [3.8, 4) is 52.2 Å². The van der Waals surface area contributed by atoms with Gasteiger partial charge in [0.25, 0.3) is 0 Å². The first-order valence-corrected chi connectivity index (χ1v) is 20.7. The number of benzene rings is 8. The zero-order chi connectivity index (χ0) is 43.8. The van der Waals surface area contributed by atoms with Crippen LogP contribution in [-0.4, -0.2) is 28.7 Å². The smallest absolute Gasteiger partial charge is 0.238 e.